The van der Waals surface area contributed by atoms with Crippen LogP contribution in [0.1, 0.15) is 0 Å². The molecule has 3 heterocycles. The van der Waals surface area contributed by atoms with Crippen LogP contribution in [0.15, 0.2) is 47.2 Å². The highest BCUT2D eigenvalue weighted by molar-refractivity contribution is 6.30. The summed E-state index contributed by atoms with van der Waals surface area (Å²) in [6.07, 6.45) is 3.28. The second-order valence-corrected chi connectivity index (χ2v) is 5.65. The van der Waals surface area contributed by atoms with Crippen molar-refractivity contribution in [2.75, 3.05) is 12.8 Å². The molecule has 0 aliphatic heterocycles. The van der Waals surface area contributed by atoms with Gasteiger partial charge in [-0.3, -0.25) is 4.98 Å². The monoisotopic (exact) mass is 369 g/mol. The summed E-state index contributed by atoms with van der Waals surface area (Å²) < 4.78 is 12.0. The van der Waals surface area contributed by atoms with Crippen molar-refractivity contribution in [3.8, 4) is 34.4 Å². The van der Waals surface area contributed by atoms with E-state index in [9.17, 15) is 0 Å². The maximum atomic E-state index is 6.19. The number of methoxy groups -OCH3 is 1. The van der Waals surface area contributed by atoms with Crippen LogP contribution in [0.5, 0.6) is 5.75 Å². The second-order valence-electron chi connectivity index (χ2n) is 5.21. The zero-order valence-corrected chi connectivity index (χ0v) is 14.3. The summed E-state index contributed by atoms with van der Waals surface area (Å²) in [5.41, 5.74) is 7.76. The molecule has 0 unspecified atom stereocenters. The maximum absolute atomic E-state index is 6.19. The first-order chi connectivity index (χ1) is 12.7. The molecule has 4 rings (SSSR count). The minimum Gasteiger partial charge on any atom is -0.494 e. The van der Waals surface area contributed by atoms with Crippen molar-refractivity contribution < 1.29 is 9.26 Å². The molecule has 0 fully saturated rings. The zero-order chi connectivity index (χ0) is 18.1. The Kier molecular flexibility index (Phi) is 3.98. The van der Waals surface area contributed by atoms with E-state index < -0.39 is 0 Å². The summed E-state index contributed by atoms with van der Waals surface area (Å²) in [6.45, 7) is 0. The average molecular weight is 370 g/mol. The highest BCUT2D eigenvalue weighted by Crippen LogP contribution is 2.31. The zero-order valence-electron chi connectivity index (χ0n) is 13.5. The third-order valence-corrected chi connectivity index (χ3v) is 3.88. The van der Waals surface area contributed by atoms with E-state index in [1.807, 2.05) is 0 Å². The van der Waals surface area contributed by atoms with E-state index in [1.165, 1.54) is 4.68 Å². The maximum Gasteiger partial charge on any atom is 0.282 e. The van der Waals surface area contributed by atoms with Gasteiger partial charge in [-0.1, -0.05) is 22.0 Å². The average Bonchev–Trinajstić information content (AvgIpc) is 3.29. The van der Waals surface area contributed by atoms with Gasteiger partial charge in [0.05, 0.1) is 7.11 Å². The molecule has 2 N–H and O–H groups in total. The number of halogens is 1. The third-order valence-electron chi connectivity index (χ3n) is 3.64. The van der Waals surface area contributed by atoms with Crippen LogP contribution < -0.4 is 10.5 Å². The SMILES string of the molecule is COc1ccc(Cl)cc1-n1nnc(-c2nc(-c3ccncc3)no2)c1N. The Balaban J connectivity index is 1.75. The lowest BCUT2D eigenvalue weighted by molar-refractivity contribution is 0.411. The van der Waals surface area contributed by atoms with Crippen molar-refractivity contribution in [1.82, 2.24) is 30.1 Å². The second kappa shape index (κ2) is 6.45. The van der Waals surface area contributed by atoms with Crippen LogP contribution in [0.4, 0.5) is 5.82 Å². The van der Waals surface area contributed by atoms with E-state index in [-0.39, 0.29) is 17.4 Å². The van der Waals surface area contributed by atoms with Gasteiger partial charge in [-0.05, 0) is 30.3 Å². The fraction of sp³-hybridized carbons (Fsp3) is 0.0625. The molecule has 0 aliphatic rings. The van der Waals surface area contributed by atoms with Crippen LogP contribution in [0.2, 0.25) is 5.02 Å². The molecule has 0 saturated heterocycles. The minimum absolute atomic E-state index is 0.154. The third kappa shape index (κ3) is 2.74. The van der Waals surface area contributed by atoms with E-state index in [0.29, 0.717) is 22.3 Å². The van der Waals surface area contributed by atoms with Gasteiger partial charge in [0.1, 0.15) is 11.4 Å². The molecule has 0 amide bonds. The van der Waals surface area contributed by atoms with E-state index in [1.54, 1.807) is 49.8 Å². The van der Waals surface area contributed by atoms with Crippen molar-refractivity contribution in [2.24, 2.45) is 0 Å². The summed E-state index contributed by atoms with van der Waals surface area (Å²) in [5.74, 6) is 1.31. The lowest BCUT2D eigenvalue weighted by Crippen LogP contribution is -2.04. The Morgan fingerprint density at radius 3 is 2.77 bits per heavy atom. The lowest BCUT2D eigenvalue weighted by Gasteiger charge is -2.09. The number of ether oxygens (including phenoxy) is 1. The quantitative estimate of drug-likeness (QED) is 0.583. The molecule has 0 saturated carbocycles. The van der Waals surface area contributed by atoms with Crippen LogP contribution in [0.25, 0.3) is 28.7 Å². The molecule has 3 aromatic heterocycles. The Morgan fingerprint density at radius 2 is 2.00 bits per heavy atom. The summed E-state index contributed by atoms with van der Waals surface area (Å²) >= 11 is 6.07. The standard InChI is InChI=1S/C16H12ClN7O2/c1-25-12-3-2-10(17)8-11(12)24-14(18)13(21-23-24)16-20-15(22-26-16)9-4-6-19-7-5-9/h2-8H,18H2,1H3. The highest BCUT2D eigenvalue weighted by atomic mass is 35.5. The summed E-state index contributed by atoms with van der Waals surface area (Å²) in [6, 6.07) is 8.63. The summed E-state index contributed by atoms with van der Waals surface area (Å²) in [5, 5.41) is 12.6. The van der Waals surface area contributed by atoms with Crippen molar-refractivity contribution in [3.63, 3.8) is 0 Å². The fourth-order valence-corrected chi connectivity index (χ4v) is 2.55. The summed E-state index contributed by atoms with van der Waals surface area (Å²) in [7, 11) is 1.54. The number of benzene rings is 1. The van der Waals surface area contributed by atoms with Gasteiger partial charge in [-0.2, -0.15) is 9.67 Å². The number of nitrogens with zero attached hydrogens (tertiary/aromatic N) is 6. The molecule has 4 aromatic rings. The number of aromatic nitrogens is 6. The van der Waals surface area contributed by atoms with Gasteiger partial charge in [0, 0.05) is 23.0 Å². The van der Waals surface area contributed by atoms with Gasteiger partial charge in [-0.25, -0.2) is 0 Å². The number of hydrogen-bond acceptors (Lipinski definition) is 8. The summed E-state index contributed by atoms with van der Waals surface area (Å²) in [4.78, 5) is 8.28. The number of pyridine rings is 1. The minimum atomic E-state index is 0.154. The molecule has 9 nitrogen and oxygen atoms in total. The molecular weight excluding hydrogens is 358 g/mol. The van der Waals surface area contributed by atoms with Crippen molar-refractivity contribution in [3.05, 3.63) is 47.7 Å². The van der Waals surface area contributed by atoms with Crippen molar-refractivity contribution >= 4 is 17.4 Å². The normalized spacial score (nSPS) is 10.8. The Morgan fingerprint density at radius 1 is 1.19 bits per heavy atom. The number of nitrogen functional groups attached to an aromatic ring is 1. The van der Waals surface area contributed by atoms with Gasteiger partial charge >= 0.3 is 0 Å². The molecular formula is C16H12ClN7O2. The van der Waals surface area contributed by atoms with Gasteiger partial charge in [-0.15, -0.1) is 5.10 Å². The number of nitrogens with two attached hydrogens (primary N) is 1. The molecule has 0 aliphatic carbocycles. The van der Waals surface area contributed by atoms with Crippen molar-refractivity contribution in [1.29, 1.82) is 0 Å². The first kappa shape index (κ1) is 16.0. The topological polar surface area (TPSA) is 118 Å². The van der Waals surface area contributed by atoms with E-state index >= 15 is 0 Å². The predicted molar refractivity (Wildman–Crippen MR) is 93.9 cm³/mol. The predicted octanol–water partition coefficient (Wildman–Crippen LogP) is 2.62. The van der Waals surface area contributed by atoms with Crippen LogP contribution in [-0.2, 0) is 0 Å². The lowest BCUT2D eigenvalue weighted by atomic mass is 10.2. The number of rotatable bonds is 4. The van der Waals surface area contributed by atoms with E-state index in [4.69, 9.17) is 26.6 Å². The Bertz CT molecular complexity index is 1060. The van der Waals surface area contributed by atoms with Gasteiger partial charge in [0.15, 0.2) is 11.5 Å². The molecule has 0 bridgehead atoms. The van der Waals surface area contributed by atoms with Crippen LogP contribution in [0.3, 0.4) is 0 Å². The number of hydrogen-bond donors (Lipinski definition) is 1. The molecule has 0 spiro atoms. The van der Waals surface area contributed by atoms with Crippen LogP contribution in [0, 0.1) is 0 Å². The van der Waals surface area contributed by atoms with Crippen LogP contribution in [-0.4, -0.2) is 37.2 Å². The van der Waals surface area contributed by atoms with Gasteiger partial charge in [0.25, 0.3) is 5.89 Å². The van der Waals surface area contributed by atoms with Crippen LogP contribution >= 0.6 is 11.6 Å². The molecule has 130 valence electrons. The Hall–Kier alpha value is -3.46. The first-order valence-electron chi connectivity index (χ1n) is 7.47. The van der Waals surface area contributed by atoms with E-state index in [0.717, 1.165) is 5.56 Å². The van der Waals surface area contributed by atoms with Crippen molar-refractivity contribution in [2.45, 2.75) is 0 Å². The highest BCUT2D eigenvalue weighted by Gasteiger charge is 2.21. The van der Waals surface area contributed by atoms with Gasteiger partial charge < -0.3 is 15.0 Å². The molecule has 26 heavy (non-hydrogen) atoms. The fourth-order valence-electron chi connectivity index (χ4n) is 2.39. The molecule has 0 atom stereocenters. The molecule has 0 radical (unpaired) electrons. The van der Waals surface area contributed by atoms with E-state index in [2.05, 4.69) is 25.4 Å². The first-order valence-corrected chi connectivity index (χ1v) is 7.84. The Labute approximate surface area is 152 Å². The molecule has 10 heteroatoms. The number of anilines is 1. The smallest absolute Gasteiger partial charge is 0.282 e. The molecule has 1 aromatic carbocycles. The van der Waals surface area contributed by atoms with Gasteiger partial charge in [0.2, 0.25) is 5.82 Å². The largest absolute Gasteiger partial charge is 0.494 e.